The second kappa shape index (κ2) is 5.30. The van der Waals surface area contributed by atoms with Crippen LogP contribution in [0.1, 0.15) is 31.2 Å². The quantitative estimate of drug-likeness (QED) is 0.885. The van der Waals surface area contributed by atoms with E-state index in [4.69, 9.17) is 5.14 Å². The summed E-state index contributed by atoms with van der Waals surface area (Å²) in [6.07, 6.45) is 4.06. The van der Waals surface area contributed by atoms with Crippen molar-refractivity contribution < 1.29 is 13.2 Å². The molecular formula is C13H18N2O3S. The summed E-state index contributed by atoms with van der Waals surface area (Å²) in [7, 11) is -3.70. The molecule has 1 saturated carbocycles. The monoisotopic (exact) mass is 282 g/mol. The summed E-state index contributed by atoms with van der Waals surface area (Å²) in [5.74, 6) is 0.0984. The highest BCUT2D eigenvalue weighted by atomic mass is 32.2. The van der Waals surface area contributed by atoms with Crippen LogP contribution in [0.2, 0.25) is 0 Å². The van der Waals surface area contributed by atoms with E-state index in [0.29, 0.717) is 11.3 Å². The van der Waals surface area contributed by atoms with E-state index in [0.717, 1.165) is 25.7 Å². The molecule has 1 aliphatic carbocycles. The smallest absolute Gasteiger partial charge is 0.238 e. The average molecular weight is 282 g/mol. The van der Waals surface area contributed by atoms with Gasteiger partial charge < -0.3 is 5.32 Å². The molecule has 0 aliphatic heterocycles. The molecule has 0 aromatic heterocycles. The molecule has 6 heteroatoms. The van der Waals surface area contributed by atoms with Gasteiger partial charge >= 0.3 is 0 Å². The van der Waals surface area contributed by atoms with Gasteiger partial charge in [0.1, 0.15) is 0 Å². The van der Waals surface area contributed by atoms with Crippen LogP contribution >= 0.6 is 0 Å². The molecule has 1 amide bonds. The number of nitrogens with one attached hydrogen (secondary N) is 1. The molecule has 1 aliphatic rings. The second-order valence-corrected chi connectivity index (χ2v) is 6.55. The predicted octanol–water partition coefficient (Wildman–Crippen LogP) is 1.77. The fourth-order valence-corrected chi connectivity index (χ4v) is 2.97. The molecule has 0 heterocycles. The van der Waals surface area contributed by atoms with Gasteiger partial charge in [0.25, 0.3) is 0 Å². The number of amides is 1. The molecule has 5 nitrogen and oxygen atoms in total. The van der Waals surface area contributed by atoms with Gasteiger partial charge in [0.15, 0.2) is 0 Å². The molecule has 1 fully saturated rings. The van der Waals surface area contributed by atoms with E-state index in [1.54, 1.807) is 13.0 Å². The molecular weight excluding hydrogens is 264 g/mol. The Morgan fingerprint density at radius 1 is 1.32 bits per heavy atom. The van der Waals surface area contributed by atoms with Crippen LogP contribution in [-0.2, 0) is 14.8 Å². The van der Waals surface area contributed by atoms with E-state index in [2.05, 4.69) is 5.32 Å². The summed E-state index contributed by atoms with van der Waals surface area (Å²) >= 11 is 0. The minimum Gasteiger partial charge on any atom is -0.326 e. The molecule has 2 rings (SSSR count). The molecule has 0 radical (unpaired) electrons. The van der Waals surface area contributed by atoms with Crippen LogP contribution in [0.4, 0.5) is 5.69 Å². The molecule has 0 saturated heterocycles. The summed E-state index contributed by atoms with van der Waals surface area (Å²) in [5, 5.41) is 7.92. The Labute approximate surface area is 113 Å². The van der Waals surface area contributed by atoms with Crippen molar-refractivity contribution in [2.45, 2.75) is 37.5 Å². The third-order valence-electron chi connectivity index (χ3n) is 3.51. The van der Waals surface area contributed by atoms with Crippen LogP contribution in [0.15, 0.2) is 23.1 Å². The number of aryl methyl sites for hydroxylation is 1. The summed E-state index contributed by atoms with van der Waals surface area (Å²) in [5.41, 5.74) is 1.34. The first-order valence-electron chi connectivity index (χ1n) is 6.32. The maximum absolute atomic E-state index is 12.0. The summed E-state index contributed by atoms with van der Waals surface area (Å²) in [4.78, 5) is 12.1. The summed E-state index contributed by atoms with van der Waals surface area (Å²) in [6.45, 7) is 1.75. The number of carbonyl (C=O) groups excluding carboxylic acids is 1. The SMILES string of the molecule is Cc1cc(S(N)(=O)=O)ccc1NC(=O)C1CCCC1. The Morgan fingerprint density at radius 3 is 2.47 bits per heavy atom. The average Bonchev–Trinajstić information content (AvgIpc) is 2.84. The largest absolute Gasteiger partial charge is 0.326 e. The number of primary sulfonamides is 1. The summed E-state index contributed by atoms with van der Waals surface area (Å²) in [6, 6.07) is 4.47. The Bertz CT molecular complexity index is 590. The first kappa shape index (κ1) is 14.0. The van der Waals surface area contributed by atoms with E-state index in [-0.39, 0.29) is 16.7 Å². The lowest BCUT2D eigenvalue weighted by molar-refractivity contribution is -0.119. The van der Waals surface area contributed by atoms with Gasteiger partial charge in [-0.15, -0.1) is 0 Å². The lowest BCUT2D eigenvalue weighted by Gasteiger charge is -2.13. The lowest BCUT2D eigenvalue weighted by atomic mass is 10.1. The lowest BCUT2D eigenvalue weighted by Crippen LogP contribution is -2.21. The van der Waals surface area contributed by atoms with Gasteiger partial charge in [-0.25, -0.2) is 13.6 Å². The van der Waals surface area contributed by atoms with E-state index < -0.39 is 10.0 Å². The highest BCUT2D eigenvalue weighted by Crippen LogP contribution is 2.27. The number of benzene rings is 1. The van der Waals surface area contributed by atoms with Gasteiger partial charge in [0.2, 0.25) is 15.9 Å². The van der Waals surface area contributed by atoms with Crippen LogP contribution < -0.4 is 10.5 Å². The van der Waals surface area contributed by atoms with Crippen molar-refractivity contribution in [2.24, 2.45) is 11.1 Å². The first-order chi connectivity index (χ1) is 8.88. The van der Waals surface area contributed by atoms with Crippen LogP contribution in [0.5, 0.6) is 0 Å². The zero-order chi connectivity index (χ0) is 14.0. The number of hydrogen-bond donors (Lipinski definition) is 2. The Morgan fingerprint density at radius 2 is 1.95 bits per heavy atom. The molecule has 1 aromatic carbocycles. The van der Waals surface area contributed by atoms with E-state index in [1.165, 1.54) is 12.1 Å². The van der Waals surface area contributed by atoms with Crippen molar-refractivity contribution in [1.82, 2.24) is 0 Å². The number of rotatable bonds is 3. The first-order valence-corrected chi connectivity index (χ1v) is 7.87. The fraction of sp³-hybridized carbons (Fsp3) is 0.462. The second-order valence-electron chi connectivity index (χ2n) is 4.99. The normalized spacial score (nSPS) is 16.5. The van der Waals surface area contributed by atoms with Crippen molar-refractivity contribution >= 4 is 21.6 Å². The third kappa shape index (κ3) is 3.33. The molecule has 0 atom stereocenters. The van der Waals surface area contributed by atoms with Gasteiger partial charge in [-0.2, -0.15) is 0 Å². The van der Waals surface area contributed by atoms with Crippen molar-refractivity contribution in [3.05, 3.63) is 23.8 Å². The van der Waals surface area contributed by atoms with Crippen LogP contribution in [-0.4, -0.2) is 14.3 Å². The topological polar surface area (TPSA) is 89.3 Å². The van der Waals surface area contributed by atoms with E-state index >= 15 is 0 Å². The van der Waals surface area contributed by atoms with E-state index in [1.807, 2.05) is 0 Å². The molecule has 1 aromatic rings. The molecule has 0 unspecified atom stereocenters. The minimum absolute atomic E-state index is 0.0176. The zero-order valence-corrected chi connectivity index (χ0v) is 11.7. The number of carbonyl (C=O) groups is 1. The van der Waals surface area contributed by atoms with Crippen molar-refractivity contribution in [3.63, 3.8) is 0 Å². The van der Waals surface area contributed by atoms with Gasteiger partial charge in [-0.05, 0) is 43.5 Å². The fourth-order valence-electron chi connectivity index (χ4n) is 2.38. The molecule has 0 bridgehead atoms. The molecule has 0 spiro atoms. The molecule has 19 heavy (non-hydrogen) atoms. The summed E-state index contributed by atoms with van der Waals surface area (Å²) < 4.78 is 22.4. The number of sulfonamides is 1. The van der Waals surface area contributed by atoms with Crippen molar-refractivity contribution in [2.75, 3.05) is 5.32 Å². The number of hydrogen-bond acceptors (Lipinski definition) is 3. The van der Waals surface area contributed by atoms with Gasteiger partial charge in [0, 0.05) is 11.6 Å². The van der Waals surface area contributed by atoms with Crippen molar-refractivity contribution in [1.29, 1.82) is 0 Å². The van der Waals surface area contributed by atoms with Crippen LogP contribution in [0.3, 0.4) is 0 Å². The van der Waals surface area contributed by atoms with Gasteiger partial charge in [-0.1, -0.05) is 12.8 Å². The van der Waals surface area contributed by atoms with Crippen LogP contribution in [0.25, 0.3) is 0 Å². The Hall–Kier alpha value is -1.40. The maximum Gasteiger partial charge on any atom is 0.238 e. The highest BCUT2D eigenvalue weighted by molar-refractivity contribution is 7.89. The Balaban J connectivity index is 2.15. The minimum atomic E-state index is -3.70. The Kier molecular flexibility index (Phi) is 3.91. The molecule has 3 N–H and O–H groups in total. The molecule has 104 valence electrons. The van der Waals surface area contributed by atoms with Gasteiger partial charge in [0.05, 0.1) is 4.90 Å². The predicted molar refractivity (Wildman–Crippen MR) is 73.1 cm³/mol. The standard InChI is InChI=1S/C13H18N2O3S/c1-9-8-11(19(14,17)18)6-7-12(9)15-13(16)10-4-2-3-5-10/h6-8,10H,2-5H2,1H3,(H,15,16)(H2,14,17,18). The third-order valence-corrected chi connectivity index (χ3v) is 4.42. The van der Waals surface area contributed by atoms with E-state index in [9.17, 15) is 13.2 Å². The number of nitrogens with two attached hydrogens (primary N) is 1. The van der Waals surface area contributed by atoms with Crippen LogP contribution in [0, 0.1) is 12.8 Å². The maximum atomic E-state index is 12.0. The highest BCUT2D eigenvalue weighted by Gasteiger charge is 2.23. The van der Waals surface area contributed by atoms with Gasteiger partial charge in [-0.3, -0.25) is 4.79 Å². The zero-order valence-electron chi connectivity index (χ0n) is 10.8. The number of anilines is 1. The van der Waals surface area contributed by atoms with Crippen molar-refractivity contribution in [3.8, 4) is 0 Å².